The number of hydrogen-bond acceptors (Lipinski definition) is 3. The van der Waals surface area contributed by atoms with Crippen LogP contribution < -0.4 is 0 Å². The third-order valence-corrected chi connectivity index (χ3v) is 5.67. The molecule has 118 valence electrons. The van der Waals surface area contributed by atoms with E-state index in [0.717, 1.165) is 0 Å². The molecule has 2 rings (SSSR count). The summed E-state index contributed by atoms with van der Waals surface area (Å²) in [5.41, 5.74) is -0.472. The molecule has 0 bridgehead atoms. The average molecular weight is 359 g/mol. The Bertz CT molecular complexity index is 753. The molecule has 0 unspecified atom stereocenters. The van der Waals surface area contributed by atoms with Crippen LogP contribution in [-0.2, 0) is 21.2 Å². The predicted octanol–water partition coefficient (Wildman–Crippen LogP) is 3.82. The standard InChI is InChI=1S/C16H16Cl2O3S/c1-16(19,13-6-8-14(17)9-7-13)11-22(20,21)10-12-4-2-3-5-15(12)18/h2-9,19H,10-11H2,1H3/t16-/m1/s1. The van der Waals surface area contributed by atoms with Crippen LogP contribution in [0.2, 0.25) is 10.0 Å². The minimum absolute atomic E-state index is 0.212. The molecular formula is C16H16Cl2O3S. The van der Waals surface area contributed by atoms with Crippen molar-refractivity contribution in [1.82, 2.24) is 0 Å². The van der Waals surface area contributed by atoms with Gasteiger partial charge in [-0.2, -0.15) is 0 Å². The lowest BCUT2D eigenvalue weighted by molar-refractivity contribution is 0.0819. The molecule has 0 aromatic heterocycles. The fourth-order valence-corrected chi connectivity index (χ4v) is 4.48. The first kappa shape index (κ1) is 17.3. The van der Waals surface area contributed by atoms with E-state index < -0.39 is 21.2 Å². The lowest BCUT2D eigenvalue weighted by atomic mass is 9.98. The minimum Gasteiger partial charge on any atom is -0.384 e. The second kappa shape index (κ2) is 6.59. The van der Waals surface area contributed by atoms with Gasteiger partial charge in [0, 0.05) is 10.0 Å². The van der Waals surface area contributed by atoms with Crippen LogP contribution in [0.1, 0.15) is 18.1 Å². The highest BCUT2D eigenvalue weighted by Crippen LogP contribution is 2.26. The Balaban J connectivity index is 2.20. The van der Waals surface area contributed by atoms with Gasteiger partial charge in [0.1, 0.15) is 5.60 Å². The van der Waals surface area contributed by atoms with Crippen LogP contribution in [0, 0.1) is 0 Å². The second-order valence-corrected chi connectivity index (χ2v) is 8.31. The quantitative estimate of drug-likeness (QED) is 0.883. The van der Waals surface area contributed by atoms with Gasteiger partial charge < -0.3 is 5.11 Å². The summed E-state index contributed by atoms with van der Waals surface area (Å²) < 4.78 is 24.7. The number of rotatable bonds is 5. The van der Waals surface area contributed by atoms with Crippen LogP contribution in [-0.4, -0.2) is 19.3 Å². The molecule has 22 heavy (non-hydrogen) atoms. The zero-order valence-electron chi connectivity index (χ0n) is 12.0. The van der Waals surface area contributed by atoms with Crippen LogP contribution in [0.25, 0.3) is 0 Å². The number of benzene rings is 2. The van der Waals surface area contributed by atoms with Gasteiger partial charge in [0.25, 0.3) is 0 Å². The van der Waals surface area contributed by atoms with Crippen LogP contribution in [0.3, 0.4) is 0 Å². The summed E-state index contributed by atoms with van der Waals surface area (Å²) in [6, 6.07) is 13.2. The van der Waals surface area contributed by atoms with E-state index in [-0.39, 0.29) is 5.75 Å². The molecule has 0 aliphatic rings. The molecule has 2 aromatic rings. The molecule has 0 aliphatic heterocycles. The van der Waals surface area contributed by atoms with Crippen molar-refractivity contribution >= 4 is 33.0 Å². The van der Waals surface area contributed by atoms with Crippen molar-refractivity contribution in [3.8, 4) is 0 Å². The highest BCUT2D eigenvalue weighted by Gasteiger charge is 2.30. The first-order valence-corrected chi connectivity index (χ1v) is 9.20. The number of halogens is 2. The zero-order valence-corrected chi connectivity index (χ0v) is 14.3. The predicted molar refractivity (Wildman–Crippen MR) is 90.0 cm³/mol. The minimum atomic E-state index is -3.54. The van der Waals surface area contributed by atoms with Gasteiger partial charge in [0.15, 0.2) is 9.84 Å². The van der Waals surface area contributed by atoms with Crippen molar-refractivity contribution in [3.05, 3.63) is 69.7 Å². The first-order valence-electron chi connectivity index (χ1n) is 6.62. The van der Waals surface area contributed by atoms with Crippen molar-refractivity contribution in [2.45, 2.75) is 18.3 Å². The molecule has 0 radical (unpaired) electrons. The molecule has 1 N–H and O–H groups in total. The normalized spacial score (nSPS) is 14.5. The van der Waals surface area contributed by atoms with Crippen molar-refractivity contribution in [1.29, 1.82) is 0 Å². The molecule has 2 aromatic carbocycles. The van der Waals surface area contributed by atoms with Crippen LogP contribution in [0.4, 0.5) is 0 Å². The summed E-state index contributed by atoms with van der Waals surface area (Å²) in [4.78, 5) is 0. The maximum Gasteiger partial charge on any atom is 0.157 e. The smallest absolute Gasteiger partial charge is 0.157 e. The number of aliphatic hydroxyl groups is 1. The molecule has 0 spiro atoms. The van der Waals surface area contributed by atoms with E-state index in [1.54, 1.807) is 48.5 Å². The third kappa shape index (κ3) is 4.46. The largest absolute Gasteiger partial charge is 0.384 e. The van der Waals surface area contributed by atoms with E-state index in [4.69, 9.17) is 23.2 Å². The van der Waals surface area contributed by atoms with Crippen LogP contribution >= 0.6 is 23.2 Å². The van der Waals surface area contributed by atoms with Gasteiger partial charge in [0.2, 0.25) is 0 Å². The van der Waals surface area contributed by atoms with Crippen molar-refractivity contribution < 1.29 is 13.5 Å². The summed E-state index contributed by atoms with van der Waals surface area (Å²) in [5.74, 6) is -0.608. The SMILES string of the molecule is C[C@@](O)(CS(=O)(=O)Cc1ccccc1Cl)c1ccc(Cl)cc1. The van der Waals surface area contributed by atoms with Gasteiger partial charge in [-0.3, -0.25) is 0 Å². The van der Waals surface area contributed by atoms with Gasteiger partial charge in [0.05, 0.1) is 11.5 Å². The van der Waals surface area contributed by atoms with Crippen molar-refractivity contribution in [2.24, 2.45) is 0 Å². The Labute approximate surface area is 140 Å². The molecule has 0 aliphatic carbocycles. The highest BCUT2D eigenvalue weighted by molar-refractivity contribution is 7.90. The van der Waals surface area contributed by atoms with E-state index in [2.05, 4.69) is 0 Å². The molecular weight excluding hydrogens is 343 g/mol. The Morgan fingerprint density at radius 1 is 1.05 bits per heavy atom. The summed E-state index contributed by atoms with van der Waals surface area (Å²) in [6.45, 7) is 1.47. The maximum absolute atomic E-state index is 12.4. The van der Waals surface area contributed by atoms with E-state index in [9.17, 15) is 13.5 Å². The Morgan fingerprint density at radius 2 is 1.64 bits per heavy atom. The topological polar surface area (TPSA) is 54.4 Å². The van der Waals surface area contributed by atoms with Gasteiger partial charge in [-0.05, 0) is 36.2 Å². The van der Waals surface area contributed by atoms with Crippen LogP contribution in [0.5, 0.6) is 0 Å². The Hall–Kier alpha value is -1.07. The van der Waals surface area contributed by atoms with Crippen molar-refractivity contribution in [2.75, 3.05) is 5.75 Å². The monoisotopic (exact) mass is 358 g/mol. The van der Waals surface area contributed by atoms with E-state index >= 15 is 0 Å². The summed E-state index contributed by atoms with van der Waals surface area (Å²) >= 11 is 11.8. The summed E-state index contributed by atoms with van der Waals surface area (Å²) in [6.07, 6.45) is 0. The number of hydrogen-bond donors (Lipinski definition) is 1. The fourth-order valence-electron chi connectivity index (χ4n) is 2.22. The van der Waals surface area contributed by atoms with E-state index in [1.807, 2.05) is 0 Å². The molecule has 0 heterocycles. The molecule has 0 fully saturated rings. The van der Waals surface area contributed by atoms with E-state index in [1.165, 1.54) is 6.92 Å². The fraction of sp³-hybridized carbons (Fsp3) is 0.250. The average Bonchev–Trinajstić information content (AvgIpc) is 2.40. The lowest BCUT2D eigenvalue weighted by Crippen LogP contribution is -2.31. The molecule has 0 saturated heterocycles. The van der Waals surface area contributed by atoms with Gasteiger partial charge in [-0.1, -0.05) is 53.5 Å². The first-order chi connectivity index (χ1) is 10.2. The van der Waals surface area contributed by atoms with Crippen LogP contribution in [0.15, 0.2) is 48.5 Å². The Kier molecular flexibility index (Phi) is 5.17. The number of sulfone groups is 1. The highest BCUT2D eigenvalue weighted by atomic mass is 35.5. The van der Waals surface area contributed by atoms with Gasteiger partial charge in [-0.15, -0.1) is 0 Å². The summed E-state index contributed by atoms with van der Waals surface area (Å²) in [5, 5.41) is 11.4. The zero-order chi connectivity index (χ0) is 16.4. The maximum atomic E-state index is 12.4. The third-order valence-electron chi connectivity index (χ3n) is 3.30. The molecule has 6 heteroatoms. The lowest BCUT2D eigenvalue weighted by Gasteiger charge is -2.24. The Morgan fingerprint density at radius 3 is 2.23 bits per heavy atom. The molecule has 0 saturated carbocycles. The van der Waals surface area contributed by atoms with E-state index in [0.29, 0.717) is 21.2 Å². The van der Waals surface area contributed by atoms with Crippen molar-refractivity contribution in [3.63, 3.8) is 0 Å². The van der Waals surface area contributed by atoms with Gasteiger partial charge in [-0.25, -0.2) is 8.42 Å². The second-order valence-electron chi connectivity index (χ2n) is 5.40. The molecule has 0 amide bonds. The van der Waals surface area contributed by atoms with Gasteiger partial charge >= 0.3 is 0 Å². The summed E-state index contributed by atoms with van der Waals surface area (Å²) in [7, 11) is -3.54. The molecule has 3 nitrogen and oxygen atoms in total. The molecule has 1 atom stereocenters.